The number of aliphatic hydroxyl groups is 1. The second-order valence-corrected chi connectivity index (χ2v) is 15.9. The number of aromatic hydroxyl groups is 1. The van der Waals surface area contributed by atoms with Crippen LogP contribution in [0.3, 0.4) is 0 Å². The second-order valence-electron chi connectivity index (χ2n) is 15.9. The standard InChI is InChI=1S/C43H57N3O9/c1-3-5-9-22-42(23-10-6-4-2)53-35-34-27-43(41(51)45-25-12-16-32(45)39(49)44-24-26-47)37(40(50)52-34)46(55-38(43)36(35)54-42)28-30-20-18-29(19-21-30)13-11-15-31-14-7-8-17-33(31)48/h7-8,11,13-14,17-21,32,34-38,47-48H,3-6,9-10,12,15-16,22-28H2,1-2H3,(H,44,49). The molecule has 2 aromatic rings. The number of esters is 1. The fourth-order valence-electron chi connectivity index (χ4n) is 9.44. The lowest BCUT2D eigenvalue weighted by atomic mass is 9.62. The molecule has 0 radical (unpaired) electrons. The zero-order valence-corrected chi connectivity index (χ0v) is 32.2. The molecule has 2 bridgehead atoms. The van der Waals surface area contributed by atoms with Crippen molar-refractivity contribution in [1.29, 1.82) is 0 Å². The Balaban J connectivity index is 1.18. The van der Waals surface area contributed by atoms with Gasteiger partial charge in [0.1, 0.15) is 41.6 Å². The van der Waals surface area contributed by atoms with E-state index in [1.807, 2.05) is 48.6 Å². The Bertz CT molecular complexity index is 1690. The maximum absolute atomic E-state index is 15.2. The molecule has 3 N–H and O–H groups in total. The van der Waals surface area contributed by atoms with Crippen molar-refractivity contribution in [2.75, 3.05) is 19.7 Å². The zero-order chi connectivity index (χ0) is 38.6. The summed E-state index contributed by atoms with van der Waals surface area (Å²) in [4.78, 5) is 51.3. The number of phenolic OH excluding ortho intramolecular Hbond substituents is 1. The van der Waals surface area contributed by atoms with Gasteiger partial charge < -0.3 is 34.6 Å². The molecule has 12 nitrogen and oxygen atoms in total. The Labute approximate surface area is 324 Å². The van der Waals surface area contributed by atoms with E-state index >= 15 is 4.79 Å². The molecule has 4 heterocycles. The summed E-state index contributed by atoms with van der Waals surface area (Å²) in [5.74, 6) is -1.75. The number of phenols is 1. The van der Waals surface area contributed by atoms with Crippen LogP contribution in [0.5, 0.6) is 5.75 Å². The van der Waals surface area contributed by atoms with E-state index in [0.29, 0.717) is 38.6 Å². The normalized spacial score (nSPS) is 29.4. The number of nitrogens with one attached hydrogen (secondary N) is 1. The predicted octanol–water partition coefficient (Wildman–Crippen LogP) is 5.19. The smallest absolute Gasteiger partial charge is 0.327 e. The molecule has 5 fully saturated rings. The van der Waals surface area contributed by atoms with Crippen LogP contribution in [0.15, 0.2) is 54.6 Å². The molecular weight excluding hydrogens is 702 g/mol. The highest BCUT2D eigenvalue weighted by molar-refractivity contribution is 5.96. The van der Waals surface area contributed by atoms with Crippen molar-refractivity contribution in [3.05, 3.63) is 71.3 Å². The van der Waals surface area contributed by atoms with E-state index in [4.69, 9.17) is 19.0 Å². The first kappa shape index (κ1) is 39.4. The number of rotatable bonds is 17. The summed E-state index contributed by atoms with van der Waals surface area (Å²) < 4.78 is 20.1. The number of amides is 2. The van der Waals surface area contributed by atoms with Crippen LogP contribution in [0, 0.1) is 5.41 Å². The third kappa shape index (κ3) is 7.81. The van der Waals surface area contributed by atoms with Crippen molar-refractivity contribution < 1.29 is 43.6 Å². The second kappa shape index (κ2) is 17.1. The number of hydroxylamine groups is 2. The van der Waals surface area contributed by atoms with Crippen LogP contribution in [0.1, 0.15) is 101 Å². The summed E-state index contributed by atoms with van der Waals surface area (Å²) >= 11 is 0. The van der Waals surface area contributed by atoms with Gasteiger partial charge in [-0.05, 0) is 54.9 Å². The van der Waals surface area contributed by atoms with E-state index in [-0.39, 0.29) is 43.7 Å². The van der Waals surface area contributed by atoms with Gasteiger partial charge in [0.05, 0.1) is 13.2 Å². The largest absolute Gasteiger partial charge is 0.508 e. The molecule has 4 saturated heterocycles. The first-order chi connectivity index (χ1) is 26.7. The van der Waals surface area contributed by atoms with Crippen molar-refractivity contribution in [2.45, 2.75) is 140 Å². The minimum Gasteiger partial charge on any atom is -0.508 e. The van der Waals surface area contributed by atoms with Gasteiger partial charge in [-0.15, -0.1) is 0 Å². The molecule has 1 aliphatic carbocycles. The number of aliphatic hydroxyl groups excluding tert-OH is 1. The van der Waals surface area contributed by atoms with E-state index in [0.717, 1.165) is 55.2 Å². The minimum absolute atomic E-state index is 0.0946. The molecule has 5 aliphatic rings. The van der Waals surface area contributed by atoms with Gasteiger partial charge in [0.15, 0.2) is 11.8 Å². The van der Waals surface area contributed by atoms with Crippen molar-refractivity contribution in [1.82, 2.24) is 15.3 Å². The average molecular weight is 760 g/mol. The van der Waals surface area contributed by atoms with Gasteiger partial charge in [-0.1, -0.05) is 94.1 Å². The van der Waals surface area contributed by atoms with Crippen molar-refractivity contribution >= 4 is 23.9 Å². The highest BCUT2D eigenvalue weighted by atomic mass is 16.8. The highest BCUT2D eigenvalue weighted by Gasteiger charge is 2.77. The third-order valence-electron chi connectivity index (χ3n) is 12.2. The predicted molar refractivity (Wildman–Crippen MR) is 204 cm³/mol. The molecule has 7 atom stereocenters. The summed E-state index contributed by atoms with van der Waals surface area (Å²) in [5, 5.41) is 23.9. The molecule has 1 saturated carbocycles. The van der Waals surface area contributed by atoms with E-state index in [1.165, 1.54) is 0 Å². The summed E-state index contributed by atoms with van der Waals surface area (Å²) in [5.41, 5.74) is 1.34. The molecule has 4 aliphatic heterocycles. The number of para-hydroxylation sites is 1. The lowest BCUT2D eigenvalue weighted by molar-refractivity contribution is -0.225. The van der Waals surface area contributed by atoms with Crippen LogP contribution in [-0.2, 0) is 46.4 Å². The monoisotopic (exact) mass is 759 g/mol. The van der Waals surface area contributed by atoms with Crippen LogP contribution in [0.4, 0.5) is 0 Å². The maximum Gasteiger partial charge on any atom is 0.327 e. The van der Waals surface area contributed by atoms with Crippen molar-refractivity contribution in [2.24, 2.45) is 5.41 Å². The maximum atomic E-state index is 15.2. The van der Waals surface area contributed by atoms with Gasteiger partial charge in [0, 0.05) is 32.4 Å². The lowest BCUT2D eigenvalue weighted by Gasteiger charge is -2.50. The molecule has 7 unspecified atom stereocenters. The number of hydrogen-bond acceptors (Lipinski definition) is 10. The number of carbonyl (C=O) groups is 3. The number of fused-ring (bicyclic) bond motifs is 4. The Morgan fingerprint density at radius 3 is 2.42 bits per heavy atom. The van der Waals surface area contributed by atoms with Crippen molar-refractivity contribution in [3.8, 4) is 5.75 Å². The van der Waals surface area contributed by atoms with E-state index < -0.39 is 53.7 Å². The molecule has 7 rings (SSSR count). The van der Waals surface area contributed by atoms with Crippen molar-refractivity contribution in [3.63, 3.8) is 0 Å². The number of benzene rings is 2. The number of ether oxygens (including phenoxy) is 3. The van der Waals surface area contributed by atoms with Crippen LogP contribution >= 0.6 is 0 Å². The Morgan fingerprint density at radius 1 is 0.982 bits per heavy atom. The number of hydrogen-bond donors (Lipinski definition) is 3. The zero-order valence-electron chi connectivity index (χ0n) is 32.2. The van der Waals surface area contributed by atoms with Crippen LogP contribution < -0.4 is 5.32 Å². The van der Waals surface area contributed by atoms with Crippen LogP contribution in [0.25, 0.3) is 6.08 Å². The first-order valence-electron chi connectivity index (χ1n) is 20.4. The van der Waals surface area contributed by atoms with E-state index in [2.05, 4.69) is 19.2 Å². The summed E-state index contributed by atoms with van der Waals surface area (Å²) in [6.07, 6.45) is 10.6. The molecular formula is C43H57N3O9. The Morgan fingerprint density at radius 2 is 1.71 bits per heavy atom. The molecule has 0 spiro atoms. The van der Waals surface area contributed by atoms with E-state index in [9.17, 15) is 19.8 Å². The van der Waals surface area contributed by atoms with Gasteiger partial charge in [-0.3, -0.25) is 19.2 Å². The fraction of sp³-hybridized carbons (Fsp3) is 0.605. The summed E-state index contributed by atoms with van der Waals surface area (Å²) in [7, 11) is 0. The Kier molecular flexibility index (Phi) is 12.3. The summed E-state index contributed by atoms with van der Waals surface area (Å²) in [6.45, 7) is 4.81. The number of carbonyl (C=O) groups excluding carboxylic acids is 3. The third-order valence-corrected chi connectivity index (χ3v) is 12.2. The molecule has 2 amide bonds. The van der Waals surface area contributed by atoms with Gasteiger partial charge in [0.2, 0.25) is 11.8 Å². The highest BCUT2D eigenvalue weighted by Crippen LogP contribution is 2.59. The van der Waals surface area contributed by atoms with Gasteiger partial charge in [-0.25, -0.2) is 0 Å². The Hall–Kier alpha value is -3.81. The molecule has 2 aromatic carbocycles. The molecule has 12 heteroatoms. The minimum atomic E-state index is -1.36. The number of allylic oxidation sites excluding steroid dienone is 1. The molecule has 0 aromatic heterocycles. The number of unbranched alkanes of at least 4 members (excludes halogenated alkanes) is 4. The fourth-order valence-corrected chi connectivity index (χ4v) is 9.44. The topological polar surface area (TPSA) is 147 Å². The summed E-state index contributed by atoms with van der Waals surface area (Å²) in [6, 6.07) is 13.4. The van der Waals surface area contributed by atoms with Crippen LogP contribution in [-0.4, -0.2) is 99.9 Å². The number of nitrogens with zero attached hydrogens (tertiary/aromatic N) is 2. The van der Waals surface area contributed by atoms with Crippen LogP contribution in [0.2, 0.25) is 0 Å². The lowest BCUT2D eigenvalue weighted by Crippen LogP contribution is -2.70. The van der Waals surface area contributed by atoms with Gasteiger partial charge in [-0.2, -0.15) is 5.06 Å². The van der Waals surface area contributed by atoms with Gasteiger partial charge in [0.25, 0.3) is 0 Å². The van der Waals surface area contributed by atoms with Gasteiger partial charge >= 0.3 is 5.97 Å². The molecule has 298 valence electrons. The number of likely N-dealkylation sites (tertiary alicyclic amines) is 1. The quantitative estimate of drug-likeness (QED) is 0.146. The first-order valence-corrected chi connectivity index (χ1v) is 20.4. The average Bonchev–Trinajstić information content (AvgIpc) is 3.91. The molecule has 55 heavy (non-hydrogen) atoms. The van der Waals surface area contributed by atoms with E-state index in [1.54, 1.807) is 22.1 Å². The SMILES string of the molecule is CCCCCC1(CCCCC)OC2C3CC4(C(=O)N5CCCC5C(=O)NCCO)C(ON(Cc5ccc(C=CCc6ccccc6O)cc5)C4C(=O)O3)C2O1.